The van der Waals surface area contributed by atoms with Gasteiger partial charge in [0.25, 0.3) is 0 Å². The van der Waals surface area contributed by atoms with Crippen molar-refractivity contribution in [2.24, 2.45) is 0 Å². The molecular weight excluding hydrogens is 192 g/mol. The normalized spacial score (nSPS) is 22.7. The maximum absolute atomic E-state index is 10.9. The van der Waals surface area contributed by atoms with Crippen LogP contribution in [-0.2, 0) is 4.79 Å². The molecular formula is C11H22N2O2. The van der Waals surface area contributed by atoms with Crippen LogP contribution in [0.4, 0.5) is 0 Å². The molecule has 0 aromatic heterocycles. The van der Waals surface area contributed by atoms with E-state index in [1.807, 2.05) is 0 Å². The number of nitrogens with zero attached hydrogens (tertiary/aromatic N) is 1. The van der Waals surface area contributed by atoms with Crippen LogP contribution in [0.15, 0.2) is 0 Å². The van der Waals surface area contributed by atoms with E-state index in [9.17, 15) is 9.90 Å². The first-order valence-corrected chi connectivity index (χ1v) is 5.74. The lowest BCUT2D eigenvalue weighted by Gasteiger charge is -2.20. The number of nitrogens with one attached hydrogen (secondary N) is 1. The van der Waals surface area contributed by atoms with E-state index >= 15 is 0 Å². The summed E-state index contributed by atoms with van der Waals surface area (Å²) < 4.78 is 0. The van der Waals surface area contributed by atoms with Crippen molar-refractivity contribution in [1.82, 2.24) is 10.2 Å². The Kier molecular flexibility index (Phi) is 5.05. The third-order valence-electron chi connectivity index (χ3n) is 3.09. The molecule has 0 radical (unpaired) electrons. The van der Waals surface area contributed by atoms with Crippen LogP contribution >= 0.6 is 0 Å². The molecule has 1 rings (SSSR count). The Bertz CT molecular complexity index is 203. The topological polar surface area (TPSA) is 52.6 Å². The molecule has 0 spiro atoms. The van der Waals surface area contributed by atoms with Crippen LogP contribution in [0.3, 0.4) is 0 Å². The summed E-state index contributed by atoms with van der Waals surface area (Å²) in [4.78, 5) is 12.6. The second-order valence-corrected chi connectivity index (χ2v) is 4.35. The largest absolute Gasteiger partial charge is 0.392 e. The molecule has 0 aromatic rings. The Hall–Kier alpha value is -0.610. The van der Waals surface area contributed by atoms with Crippen molar-refractivity contribution in [3.05, 3.63) is 0 Å². The van der Waals surface area contributed by atoms with E-state index in [1.165, 1.54) is 0 Å². The summed E-state index contributed by atoms with van der Waals surface area (Å²) in [5.41, 5.74) is 0. The van der Waals surface area contributed by atoms with Crippen molar-refractivity contribution in [1.29, 1.82) is 0 Å². The fourth-order valence-electron chi connectivity index (χ4n) is 1.94. The fourth-order valence-corrected chi connectivity index (χ4v) is 1.94. The van der Waals surface area contributed by atoms with Gasteiger partial charge in [-0.05, 0) is 32.2 Å². The first-order valence-electron chi connectivity index (χ1n) is 5.74. The van der Waals surface area contributed by atoms with Gasteiger partial charge in [0.15, 0.2) is 0 Å². The van der Waals surface area contributed by atoms with Gasteiger partial charge in [0.05, 0.1) is 6.10 Å². The van der Waals surface area contributed by atoms with Gasteiger partial charge in [0.1, 0.15) is 0 Å². The lowest BCUT2D eigenvalue weighted by Crippen LogP contribution is -2.35. The first-order chi connectivity index (χ1) is 7.11. The number of carbonyl (C=O) groups excluding carboxylic acids is 1. The van der Waals surface area contributed by atoms with Crippen molar-refractivity contribution in [2.45, 2.75) is 44.8 Å². The van der Waals surface area contributed by atoms with Crippen LogP contribution in [0.5, 0.6) is 0 Å². The maximum atomic E-state index is 10.9. The zero-order valence-electron chi connectivity index (χ0n) is 9.70. The van der Waals surface area contributed by atoms with Crippen LogP contribution in [0, 0.1) is 0 Å². The number of rotatable bonds is 5. The van der Waals surface area contributed by atoms with E-state index in [2.05, 4.69) is 5.32 Å². The van der Waals surface area contributed by atoms with Crippen LogP contribution < -0.4 is 5.32 Å². The number of aliphatic hydroxyl groups excluding tert-OH is 1. The second-order valence-electron chi connectivity index (χ2n) is 4.35. The van der Waals surface area contributed by atoms with E-state index < -0.39 is 0 Å². The van der Waals surface area contributed by atoms with Crippen molar-refractivity contribution < 1.29 is 9.90 Å². The summed E-state index contributed by atoms with van der Waals surface area (Å²) in [6.45, 7) is 3.32. The highest BCUT2D eigenvalue weighted by Crippen LogP contribution is 2.13. The monoisotopic (exact) mass is 214 g/mol. The Morgan fingerprint density at radius 1 is 1.67 bits per heavy atom. The molecule has 0 aliphatic carbocycles. The van der Waals surface area contributed by atoms with Crippen LogP contribution in [0.2, 0.25) is 0 Å². The second kappa shape index (κ2) is 6.08. The average Bonchev–Trinajstić information content (AvgIpc) is 2.70. The summed E-state index contributed by atoms with van der Waals surface area (Å²) in [6.07, 6.45) is 3.62. The molecule has 4 heteroatoms. The number of carbonyl (C=O) groups is 1. The Balaban J connectivity index is 2.11. The van der Waals surface area contributed by atoms with E-state index in [4.69, 9.17) is 0 Å². The third-order valence-corrected chi connectivity index (χ3v) is 3.09. The summed E-state index contributed by atoms with van der Waals surface area (Å²) >= 11 is 0. The predicted octanol–water partition coefficient (Wildman–Crippen LogP) is 0.358. The number of amides is 1. The predicted molar refractivity (Wildman–Crippen MR) is 59.6 cm³/mol. The standard InChI is InChI=1S/C11H22N2O2/c1-9(14)13(2)8-4-6-11(15)10-5-3-7-12-10/h10-12,15H,3-8H2,1-2H3/t10-,11+/m0/s1. The minimum absolute atomic E-state index is 0.0866. The minimum Gasteiger partial charge on any atom is -0.392 e. The van der Waals surface area contributed by atoms with Gasteiger partial charge in [-0.3, -0.25) is 4.79 Å². The highest BCUT2D eigenvalue weighted by molar-refractivity contribution is 5.72. The van der Waals surface area contributed by atoms with E-state index in [0.717, 1.165) is 38.8 Å². The highest BCUT2D eigenvalue weighted by atomic mass is 16.3. The quantitative estimate of drug-likeness (QED) is 0.694. The minimum atomic E-state index is -0.257. The molecule has 1 aliphatic heterocycles. The average molecular weight is 214 g/mol. The summed E-state index contributed by atoms with van der Waals surface area (Å²) in [6, 6.07) is 0.271. The zero-order chi connectivity index (χ0) is 11.3. The molecule has 15 heavy (non-hydrogen) atoms. The van der Waals surface area contributed by atoms with Crippen molar-refractivity contribution >= 4 is 5.91 Å². The molecule has 1 saturated heterocycles. The summed E-state index contributed by atoms with van der Waals surface area (Å²) in [5.74, 6) is 0.0866. The van der Waals surface area contributed by atoms with Gasteiger partial charge in [-0.15, -0.1) is 0 Å². The number of hydrogen-bond acceptors (Lipinski definition) is 3. The van der Waals surface area contributed by atoms with Crippen LogP contribution in [0.1, 0.15) is 32.6 Å². The van der Waals surface area contributed by atoms with E-state index in [0.29, 0.717) is 0 Å². The molecule has 0 aromatic carbocycles. The zero-order valence-corrected chi connectivity index (χ0v) is 9.70. The Morgan fingerprint density at radius 3 is 2.93 bits per heavy atom. The molecule has 1 amide bonds. The fraction of sp³-hybridized carbons (Fsp3) is 0.909. The molecule has 0 unspecified atom stereocenters. The molecule has 1 heterocycles. The Labute approximate surface area is 91.6 Å². The molecule has 88 valence electrons. The van der Waals surface area contributed by atoms with Crippen LogP contribution in [-0.4, -0.2) is 48.2 Å². The molecule has 0 saturated carbocycles. The summed E-state index contributed by atoms with van der Waals surface area (Å²) in [7, 11) is 1.79. The lowest BCUT2D eigenvalue weighted by atomic mass is 10.0. The first kappa shape index (κ1) is 12.5. The molecule has 2 N–H and O–H groups in total. The third kappa shape index (κ3) is 4.18. The van der Waals surface area contributed by atoms with Gasteiger partial charge in [-0.1, -0.05) is 0 Å². The van der Waals surface area contributed by atoms with Gasteiger partial charge < -0.3 is 15.3 Å². The molecule has 0 bridgehead atoms. The lowest BCUT2D eigenvalue weighted by molar-refractivity contribution is -0.127. The van der Waals surface area contributed by atoms with Gasteiger partial charge in [0.2, 0.25) is 5.91 Å². The van der Waals surface area contributed by atoms with Crippen molar-refractivity contribution in [2.75, 3.05) is 20.1 Å². The Morgan fingerprint density at radius 2 is 2.40 bits per heavy atom. The van der Waals surface area contributed by atoms with Crippen molar-refractivity contribution in [3.8, 4) is 0 Å². The van der Waals surface area contributed by atoms with Gasteiger partial charge in [0, 0.05) is 26.6 Å². The van der Waals surface area contributed by atoms with Gasteiger partial charge in [-0.2, -0.15) is 0 Å². The molecule has 2 atom stereocenters. The van der Waals surface area contributed by atoms with E-state index in [1.54, 1.807) is 18.9 Å². The van der Waals surface area contributed by atoms with Gasteiger partial charge in [-0.25, -0.2) is 0 Å². The van der Waals surface area contributed by atoms with Gasteiger partial charge >= 0.3 is 0 Å². The highest BCUT2D eigenvalue weighted by Gasteiger charge is 2.21. The number of aliphatic hydroxyl groups is 1. The maximum Gasteiger partial charge on any atom is 0.219 e. The van der Waals surface area contributed by atoms with Crippen molar-refractivity contribution in [3.63, 3.8) is 0 Å². The molecule has 1 fully saturated rings. The molecule has 1 aliphatic rings. The summed E-state index contributed by atoms with van der Waals surface area (Å²) in [5, 5.41) is 13.1. The van der Waals surface area contributed by atoms with E-state index in [-0.39, 0.29) is 18.1 Å². The SMILES string of the molecule is CC(=O)N(C)CCC[C@@H](O)[C@@H]1CCCN1. The number of hydrogen-bond donors (Lipinski definition) is 2. The molecule has 4 nitrogen and oxygen atoms in total. The smallest absolute Gasteiger partial charge is 0.219 e. The van der Waals surface area contributed by atoms with Crippen LogP contribution in [0.25, 0.3) is 0 Å².